The number of hydrogen-bond donors (Lipinski definition) is 1. The smallest absolute Gasteiger partial charge is 0.187 e. The van der Waals surface area contributed by atoms with E-state index in [2.05, 4.69) is 4.85 Å². The van der Waals surface area contributed by atoms with Gasteiger partial charge in [-0.25, -0.2) is 4.85 Å². The Morgan fingerprint density at radius 3 is 3.15 bits per heavy atom. The number of fused-ring (bicyclic) bond motifs is 1. The normalized spacial score (nSPS) is 20.5. The zero-order valence-electron chi connectivity index (χ0n) is 7.03. The van der Waals surface area contributed by atoms with Gasteiger partial charge < -0.3 is 5.11 Å². The van der Waals surface area contributed by atoms with Crippen LogP contribution in [0.15, 0.2) is 18.2 Å². The molecule has 2 nitrogen and oxygen atoms in total. The molecular weight excluding hydrogens is 182 g/mol. The van der Waals surface area contributed by atoms with Crippen LogP contribution in [0.4, 0.5) is 5.69 Å². The van der Waals surface area contributed by atoms with E-state index >= 15 is 0 Å². The molecule has 1 aliphatic rings. The molecule has 0 aromatic heterocycles. The van der Waals surface area contributed by atoms with Crippen molar-refractivity contribution in [2.75, 3.05) is 5.75 Å². The van der Waals surface area contributed by atoms with Crippen LogP contribution in [0.2, 0.25) is 0 Å². The van der Waals surface area contributed by atoms with Crippen molar-refractivity contribution in [2.24, 2.45) is 0 Å². The first kappa shape index (κ1) is 8.61. The van der Waals surface area contributed by atoms with Crippen molar-refractivity contribution in [2.45, 2.75) is 11.9 Å². The third-order valence-electron chi connectivity index (χ3n) is 2.15. The lowest BCUT2D eigenvalue weighted by atomic mass is 10.0. The summed E-state index contributed by atoms with van der Waals surface area (Å²) in [6.07, 6.45) is -0.353. The van der Waals surface area contributed by atoms with E-state index in [1.807, 2.05) is 12.1 Å². The molecule has 1 aromatic rings. The quantitative estimate of drug-likeness (QED) is 0.637. The second kappa shape index (κ2) is 3.41. The summed E-state index contributed by atoms with van der Waals surface area (Å²) >= 11 is 1.71. The molecule has 1 heterocycles. The van der Waals surface area contributed by atoms with Gasteiger partial charge in [0.1, 0.15) is 0 Å². The summed E-state index contributed by atoms with van der Waals surface area (Å²) in [5.41, 5.74) is 2.76. The van der Waals surface area contributed by atoms with Gasteiger partial charge in [-0.3, -0.25) is 0 Å². The van der Waals surface area contributed by atoms with Crippen LogP contribution in [0.5, 0.6) is 0 Å². The van der Waals surface area contributed by atoms with Crippen LogP contribution in [0.3, 0.4) is 0 Å². The van der Waals surface area contributed by atoms with E-state index in [1.54, 1.807) is 17.8 Å². The van der Waals surface area contributed by atoms with E-state index in [1.165, 1.54) is 0 Å². The van der Waals surface area contributed by atoms with Crippen LogP contribution in [0.1, 0.15) is 17.2 Å². The first-order chi connectivity index (χ1) is 6.31. The van der Waals surface area contributed by atoms with Crippen molar-refractivity contribution >= 4 is 17.4 Å². The van der Waals surface area contributed by atoms with E-state index in [4.69, 9.17) is 6.57 Å². The highest BCUT2D eigenvalue weighted by molar-refractivity contribution is 7.98. The number of aliphatic hydroxyl groups is 1. The van der Waals surface area contributed by atoms with Crippen molar-refractivity contribution in [3.8, 4) is 0 Å². The zero-order valence-corrected chi connectivity index (χ0v) is 7.84. The number of nitrogens with zero attached hydrogens (tertiary/aromatic N) is 1. The topological polar surface area (TPSA) is 24.6 Å². The highest BCUT2D eigenvalue weighted by Crippen LogP contribution is 2.33. The van der Waals surface area contributed by atoms with Gasteiger partial charge in [-0.05, 0) is 11.1 Å². The van der Waals surface area contributed by atoms with Crippen LogP contribution in [-0.2, 0) is 5.75 Å². The lowest BCUT2D eigenvalue weighted by Crippen LogP contribution is -2.09. The van der Waals surface area contributed by atoms with Crippen LogP contribution in [0, 0.1) is 6.57 Å². The number of aliphatic hydroxyl groups excluding tert-OH is 1. The van der Waals surface area contributed by atoms with E-state index in [9.17, 15) is 5.11 Å². The van der Waals surface area contributed by atoms with Crippen LogP contribution in [-0.4, -0.2) is 10.9 Å². The molecule has 0 spiro atoms. The highest BCUT2D eigenvalue weighted by atomic mass is 32.2. The molecular formula is C10H9NOS. The molecule has 0 radical (unpaired) electrons. The van der Waals surface area contributed by atoms with Crippen molar-refractivity contribution in [3.63, 3.8) is 0 Å². The number of hydrogen-bond acceptors (Lipinski definition) is 2. The Labute approximate surface area is 81.4 Å². The van der Waals surface area contributed by atoms with Gasteiger partial charge in [0.05, 0.1) is 12.7 Å². The lowest BCUT2D eigenvalue weighted by molar-refractivity contribution is 0.202. The maximum atomic E-state index is 9.63. The fourth-order valence-corrected chi connectivity index (χ4v) is 2.47. The Morgan fingerprint density at radius 1 is 1.54 bits per heavy atom. The van der Waals surface area contributed by atoms with Crippen LogP contribution < -0.4 is 0 Å². The van der Waals surface area contributed by atoms with Crippen molar-refractivity contribution in [1.29, 1.82) is 0 Å². The van der Waals surface area contributed by atoms with Gasteiger partial charge in [0.2, 0.25) is 0 Å². The van der Waals surface area contributed by atoms with Crippen LogP contribution in [0.25, 0.3) is 4.85 Å². The molecule has 3 heteroatoms. The summed E-state index contributed by atoms with van der Waals surface area (Å²) in [7, 11) is 0. The first-order valence-corrected chi connectivity index (χ1v) is 5.23. The molecule has 66 valence electrons. The molecule has 1 unspecified atom stereocenters. The Morgan fingerprint density at radius 2 is 2.38 bits per heavy atom. The average Bonchev–Trinajstić information content (AvgIpc) is 2.18. The summed E-state index contributed by atoms with van der Waals surface area (Å²) in [5.74, 6) is 1.68. The molecule has 2 rings (SSSR count). The molecule has 1 atom stereocenters. The van der Waals surface area contributed by atoms with Crippen LogP contribution >= 0.6 is 11.8 Å². The van der Waals surface area contributed by atoms with Crippen molar-refractivity contribution < 1.29 is 5.11 Å². The predicted molar refractivity (Wildman–Crippen MR) is 53.8 cm³/mol. The maximum absolute atomic E-state index is 9.63. The molecule has 1 aromatic carbocycles. The monoisotopic (exact) mass is 191 g/mol. The molecule has 0 saturated carbocycles. The summed E-state index contributed by atoms with van der Waals surface area (Å²) in [4.78, 5) is 3.36. The van der Waals surface area contributed by atoms with Gasteiger partial charge in [0.15, 0.2) is 5.69 Å². The van der Waals surface area contributed by atoms with E-state index in [0.717, 1.165) is 22.6 Å². The van der Waals surface area contributed by atoms with Crippen molar-refractivity contribution in [1.82, 2.24) is 0 Å². The second-order valence-electron chi connectivity index (χ2n) is 3.03. The van der Waals surface area contributed by atoms with Gasteiger partial charge in [0, 0.05) is 11.5 Å². The summed E-state index contributed by atoms with van der Waals surface area (Å²) in [6, 6.07) is 5.51. The standard InChI is InChI=1S/C10H9NOS/c1-11-8-2-3-9-7(4-8)5-13-6-10(9)12/h2-4,10,12H,5-6H2. The van der Waals surface area contributed by atoms with Gasteiger partial charge in [0.25, 0.3) is 0 Å². The number of benzene rings is 1. The minimum absolute atomic E-state index is 0.353. The average molecular weight is 191 g/mol. The largest absolute Gasteiger partial charge is 0.388 e. The molecule has 0 amide bonds. The molecule has 0 aliphatic carbocycles. The molecule has 0 fully saturated rings. The van der Waals surface area contributed by atoms with E-state index in [-0.39, 0.29) is 6.10 Å². The van der Waals surface area contributed by atoms with Gasteiger partial charge in [-0.15, -0.1) is 0 Å². The van der Waals surface area contributed by atoms with Gasteiger partial charge in [-0.2, -0.15) is 11.8 Å². The molecule has 1 N–H and O–H groups in total. The molecule has 1 aliphatic heterocycles. The fraction of sp³-hybridized carbons (Fsp3) is 0.300. The minimum atomic E-state index is -0.353. The number of rotatable bonds is 0. The Bertz CT molecular complexity index is 370. The molecule has 0 bridgehead atoms. The Hall–Kier alpha value is -0.980. The van der Waals surface area contributed by atoms with Gasteiger partial charge >= 0.3 is 0 Å². The lowest BCUT2D eigenvalue weighted by Gasteiger charge is -2.20. The summed E-state index contributed by atoms with van der Waals surface area (Å²) in [6.45, 7) is 6.87. The Kier molecular flexibility index (Phi) is 2.26. The second-order valence-corrected chi connectivity index (χ2v) is 4.06. The summed E-state index contributed by atoms with van der Waals surface area (Å²) in [5, 5.41) is 9.63. The SMILES string of the molecule is [C-]#[N+]c1ccc2c(c1)CSCC2O. The van der Waals surface area contributed by atoms with E-state index < -0.39 is 0 Å². The molecule has 0 saturated heterocycles. The predicted octanol–water partition coefficient (Wildman–Crippen LogP) is 2.52. The van der Waals surface area contributed by atoms with Crippen molar-refractivity contribution in [3.05, 3.63) is 40.7 Å². The molecule has 13 heavy (non-hydrogen) atoms. The minimum Gasteiger partial charge on any atom is -0.388 e. The van der Waals surface area contributed by atoms with E-state index in [0.29, 0.717) is 5.69 Å². The third-order valence-corrected chi connectivity index (χ3v) is 3.21. The van der Waals surface area contributed by atoms with Gasteiger partial charge in [-0.1, -0.05) is 18.2 Å². The number of thioether (sulfide) groups is 1. The fourth-order valence-electron chi connectivity index (χ4n) is 1.48. The highest BCUT2D eigenvalue weighted by Gasteiger charge is 2.17. The third kappa shape index (κ3) is 1.55. The first-order valence-electron chi connectivity index (χ1n) is 4.07. The zero-order chi connectivity index (χ0) is 9.26. The Balaban J connectivity index is 2.47. The summed E-state index contributed by atoms with van der Waals surface area (Å²) < 4.78 is 0. The maximum Gasteiger partial charge on any atom is 0.187 e.